The number of rotatable bonds is 6. The highest BCUT2D eigenvalue weighted by molar-refractivity contribution is 6.34. The molecule has 10 rings (SSSR count). The van der Waals surface area contributed by atoms with Crippen LogP contribution in [0, 0.1) is 0 Å². The van der Waals surface area contributed by atoms with Gasteiger partial charge in [-0.1, -0.05) is 158 Å². The van der Waals surface area contributed by atoms with Gasteiger partial charge in [-0.3, -0.25) is 4.99 Å². The fraction of sp³-hybridized carbons (Fsp3) is 0.0192. The van der Waals surface area contributed by atoms with E-state index in [-0.39, 0.29) is 0 Å². The first-order valence-corrected chi connectivity index (χ1v) is 18.3. The molecular formula is C52H35N. The molecule has 0 aliphatic carbocycles. The van der Waals surface area contributed by atoms with Crippen molar-refractivity contribution >= 4 is 71.3 Å². The zero-order chi connectivity index (χ0) is 35.5. The normalized spacial score (nSPS) is 11.9. The number of aliphatic imine (C=N–C) groups is 1. The molecule has 0 bridgehead atoms. The summed E-state index contributed by atoms with van der Waals surface area (Å²) < 4.78 is 0. The Hall–Kier alpha value is -6.83. The molecule has 0 atom stereocenters. The Morgan fingerprint density at radius 1 is 0.415 bits per heavy atom. The summed E-state index contributed by atoms with van der Waals surface area (Å²) in [7, 11) is 0. The Kier molecular flexibility index (Phi) is 7.26. The van der Waals surface area contributed by atoms with Gasteiger partial charge in [0.05, 0.1) is 5.69 Å². The van der Waals surface area contributed by atoms with E-state index < -0.39 is 0 Å². The lowest BCUT2D eigenvalue weighted by Gasteiger charge is -2.17. The van der Waals surface area contributed by atoms with Crippen LogP contribution in [0.15, 0.2) is 187 Å². The molecule has 0 spiro atoms. The number of hydrogen-bond acceptors (Lipinski definition) is 1. The molecule has 1 nitrogen and oxygen atoms in total. The second-order valence-corrected chi connectivity index (χ2v) is 13.9. The zero-order valence-electron chi connectivity index (χ0n) is 29.5. The lowest BCUT2D eigenvalue weighted by Crippen LogP contribution is -1.92. The first-order valence-electron chi connectivity index (χ1n) is 18.3. The Morgan fingerprint density at radius 3 is 1.77 bits per heavy atom. The minimum Gasteiger partial charge on any atom is -0.261 e. The number of nitrogens with zero attached hydrogens (tertiary/aromatic N) is 1. The Labute approximate surface area is 309 Å². The predicted molar refractivity (Wildman–Crippen MR) is 230 cm³/mol. The molecule has 0 amide bonds. The molecule has 0 saturated carbocycles. The molecule has 0 N–H and O–H groups in total. The Balaban J connectivity index is 1.03. The average Bonchev–Trinajstić information content (AvgIpc) is 3.22. The molecule has 0 heterocycles. The smallest absolute Gasteiger partial charge is 0.0703 e. The minimum atomic E-state index is 0.927. The van der Waals surface area contributed by atoms with Crippen molar-refractivity contribution in [3.8, 4) is 33.4 Å². The van der Waals surface area contributed by atoms with Crippen molar-refractivity contribution in [1.29, 1.82) is 0 Å². The van der Waals surface area contributed by atoms with E-state index in [4.69, 9.17) is 0 Å². The van der Waals surface area contributed by atoms with Gasteiger partial charge in [0.2, 0.25) is 0 Å². The highest BCUT2D eigenvalue weighted by Gasteiger charge is 2.16. The molecule has 0 aliphatic heterocycles. The quantitative estimate of drug-likeness (QED) is 0.0946. The van der Waals surface area contributed by atoms with E-state index >= 15 is 0 Å². The van der Waals surface area contributed by atoms with Gasteiger partial charge in [0.25, 0.3) is 0 Å². The van der Waals surface area contributed by atoms with Gasteiger partial charge < -0.3 is 0 Å². The summed E-state index contributed by atoms with van der Waals surface area (Å²) in [6, 6.07) is 64.2. The lowest BCUT2D eigenvalue weighted by molar-refractivity contribution is 1.47. The number of fused-ring (bicyclic) bond motifs is 3. The van der Waals surface area contributed by atoms with Crippen molar-refractivity contribution in [2.45, 2.75) is 6.92 Å². The maximum absolute atomic E-state index is 4.61. The largest absolute Gasteiger partial charge is 0.261 e. The SMILES string of the molecule is C=C(c1ccccc1/N=C\C)c1ccccc1-c1cccc(-c2ccc3cc(-c4ccc5c6cccc7cccc(c8cccc4c85)c76)ccc3c2)c1. The molecule has 0 fully saturated rings. The molecule has 248 valence electrons. The highest BCUT2D eigenvalue weighted by Crippen LogP contribution is 2.44. The van der Waals surface area contributed by atoms with Crippen molar-refractivity contribution in [3.05, 3.63) is 194 Å². The van der Waals surface area contributed by atoms with Crippen molar-refractivity contribution in [3.63, 3.8) is 0 Å². The molecule has 0 aliphatic rings. The summed E-state index contributed by atoms with van der Waals surface area (Å²) in [6.07, 6.45) is 1.83. The van der Waals surface area contributed by atoms with Gasteiger partial charge in [0.15, 0.2) is 0 Å². The van der Waals surface area contributed by atoms with E-state index in [2.05, 4.69) is 169 Å². The average molecular weight is 674 g/mol. The van der Waals surface area contributed by atoms with Crippen LogP contribution in [-0.2, 0) is 0 Å². The van der Waals surface area contributed by atoms with E-state index in [0.717, 1.165) is 33.5 Å². The zero-order valence-corrected chi connectivity index (χ0v) is 29.5. The summed E-state index contributed by atoms with van der Waals surface area (Å²) in [5.41, 5.74) is 11.2. The maximum Gasteiger partial charge on any atom is 0.0703 e. The third-order valence-electron chi connectivity index (χ3n) is 10.9. The van der Waals surface area contributed by atoms with E-state index in [0.29, 0.717) is 0 Å². The van der Waals surface area contributed by atoms with Gasteiger partial charge >= 0.3 is 0 Å². The third-order valence-corrected chi connectivity index (χ3v) is 10.9. The van der Waals surface area contributed by atoms with Crippen molar-refractivity contribution in [1.82, 2.24) is 0 Å². The van der Waals surface area contributed by atoms with Crippen molar-refractivity contribution in [2.75, 3.05) is 0 Å². The molecule has 53 heavy (non-hydrogen) atoms. The van der Waals surface area contributed by atoms with Gasteiger partial charge in [-0.15, -0.1) is 0 Å². The first kappa shape index (κ1) is 30.9. The maximum atomic E-state index is 4.61. The van der Waals surface area contributed by atoms with Crippen LogP contribution in [0.3, 0.4) is 0 Å². The van der Waals surface area contributed by atoms with E-state index in [1.165, 1.54) is 76.1 Å². The third kappa shape index (κ3) is 5.05. The lowest BCUT2D eigenvalue weighted by atomic mass is 9.87. The van der Waals surface area contributed by atoms with Gasteiger partial charge in [-0.2, -0.15) is 0 Å². The van der Waals surface area contributed by atoms with E-state index in [1.54, 1.807) is 0 Å². The van der Waals surface area contributed by atoms with Crippen LogP contribution in [0.5, 0.6) is 0 Å². The standard InChI is InChI=1S/C52H35N/c1-3-53-50-23-7-6-17-42(50)33(2)41-16-4-5-18-43(41)39-15-8-14-35(31-39)36-24-25-38-32-40(27-26-37(38)30-36)44-28-29-49-47-20-10-13-34-12-9-19-46(51(34)47)48-22-11-21-45(44)52(48)49/h3-32H,2H2,1H3/b53-3-. The van der Waals surface area contributed by atoms with Crippen LogP contribution in [0.4, 0.5) is 5.69 Å². The minimum absolute atomic E-state index is 0.927. The number of para-hydroxylation sites is 1. The number of benzene rings is 10. The molecule has 0 unspecified atom stereocenters. The highest BCUT2D eigenvalue weighted by atomic mass is 14.7. The fourth-order valence-electron chi connectivity index (χ4n) is 8.48. The van der Waals surface area contributed by atoms with Gasteiger partial charge in [-0.25, -0.2) is 0 Å². The molecule has 10 aromatic rings. The molecule has 0 radical (unpaired) electrons. The summed E-state index contributed by atoms with van der Waals surface area (Å²) in [5.74, 6) is 0. The van der Waals surface area contributed by atoms with Gasteiger partial charge in [0.1, 0.15) is 0 Å². The van der Waals surface area contributed by atoms with Crippen molar-refractivity contribution in [2.24, 2.45) is 4.99 Å². The van der Waals surface area contributed by atoms with Crippen LogP contribution in [0.2, 0.25) is 0 Å². The monoisotopic (exact) mass is 673 g/mol. The summed E-state index contributed by atoms with van der Waals surface area (Å²) in [5, 5.41) is 13.0. The van der Waals surface area contributed by atoms with Crippen LogP contribution in [-0.4, -0.2) is 6.21 Å². The Bertz CT molecular complexity index is 3040. The Morgan fingerprint density at radius 2 is 0.981 bits per heavy atom. The van der Waals surface area contributed by atoms with E-state index in [1.807, 2.05) is 31.3 Å². The number of hydrogen-bond donors (Lipinski definition) is 0. The molecular weight excluding hydrogens is 639 g/mol. The second kappa shape index (κ2) is 12.4. The summed E-state index contributed by atoms with van der Waals surface area (Å²) >= 11 is 0. The molecule has 0 aromatic heterocycles. The topological polar surface area (TPSA) is 12.4 Å². The van der Waals surface area contributed by atoms with Gasteiger partial charge in [0, 0.05) is 11.8 Å². The summed E-state index contributed by atoms with van der Waals surface area (Å²) in [6.45, 7) is 6.49. The van der Waals surface area contributed by atoms with E-state index in [9.17, 15) is 0 Å². The van der Waals surface area contributed by atoms with Crippen LogP contribution >= 0.6 is 0 Å². The predicted octanol–water partition coefficient (Wildman–Crippen LogP) is 14.7. The van der Waals surface area contributed by atoms with Crippen LogP contribution in [0.25, 0.3) is 92.8 Å². The van der Waals surface area contributed by atoms with Gasteiger partial charge in [-0.05, 0) is 130 Å². The molecule has 10 aromatic carbocycles. The second-order valence-electron chi connectivity index (χ2n) is 13.9. The molecule has 0 saturated heterocycles. The van der Waals surface area contributed by atoms with Crippen LogP contribution in [0.1, 0.15) is 18.1 Å². The van der Waals surface area contributed by atoms with Crippen LogP contribution < -0.4 is 0 Å². The fourth-order valence-corrected chi connectivity index (χ4v) is 8.48. The van der Waals surface area contributed by atoms with Crippen molar-refractivity contribution < 1.29 is 0 Å². The molecule has 1 heteroatoms. The first-order chi connectivity index (χ1) is 26.2. The summed E-state index contributed by atoms with van der Waals surface area (Å²) in [4.78, 5) is 4.61.